The maximum atomic E-state index is 5.55. The molecule has 3 aromatic rings. The SMILES string of the molecule is CC1(C)CCc2onc(CNCc3conc3Cc3ccccc3)c2C1. The van der Waals surface area contributed by atoms with Crippen LogP contribution in [-0.4, -0.2) is 10.3 Å². The summed E-state index contributed by atoms with van der Waals surface area (Å²) in [6, 6.07) is 10.3. The van der Waals surface area contributed by atoms with Crippen molar-refractivity contribution in [1.82, 2.24) is 15.6 Å². The molecule has 2 aromatic heterocycles. The van der Waals surface area contributed by atoms with E-state index in [9.17, 15) is 0 Å². The van der Waals surface area contributed by atoms with Gasteiger partial charge in [-0.3, -0.25) is 0 Å². The zero-order valence-corrected chi connectivity index (χ0v) is 15.4. The highest BCUT2D eigenvalue weighted by atomic mass is 16.5. The highest BCUT2D eigenvalue weighted by Gasteiger charge is 2.30. The van der Waals surface area contributed by atoms with Gasteiger partial charge < -0.3 is 14.4 Å². The molecule has 0 bridgehead atoms. The Morgan fingerprint density at radius 3 is 2.77 bits per heavy atom. The molecule has 1 N–H and O–H groups in total. The summed E-state index contributed by atoms with van der Waals surface area (Å²) in [6.45, 7) is 6.03. The number of nitrogens with one attached hydrogen (secondary N) is 1. The molecule has 0 saturated heterocycles. The van der Waals surface area contributed by atoms with E-state index < -0.39 is 0 Å². The first-order valence-electron chi connectivity index (χ1n) is 9.24. The molecule has 1 aliphatic carbocycles. The van der Waals surface area contributed by atoms with Crippen molar-refractivity contribution in [3.63, 3.8) is 0 Å². The fraction of sp³-hybridized carbons (Fsp3) is 0.429. The molecule has 1 aromatic carbocycles. The molecule has 0 saturated carbocycles. The van der Waals surface area contributed by atoms with Gasteiger partial charge in [0.05, 0.1) is 5.69 Å². The van der Waals surface area contributed by atoms with Crippen molar-refractivity contribution in [3.05, 3.63) is 70.4 Å². The van der Waals surface area contributed by atoms with Crippen molar-refractivity contribution in [2.24, 2.45) is 5.41 Å². The standard InChI is InChI=1S/C21H25N3O2/c1-21(2)9-8-20-17(11-21)19(24-26-20)13-22-12-16-14-25-23-18(16)10-15-6-4-3-5-7-15/h3-7,14,22H,8-13H2,1-2H3. The van der Waals surface area contributed by atoms with Crippen LogP contribution in [0.15, 0.2) is 45.6 Å². The highest BCUT2D eigenvalue weighted by molar-refractivity contribution is 5.28. The van der Waals surface area contributed by atoms with Crippen LogP contribution in [0, 0.1) is 5.41 Å². The molecule has 0 unspecified atom stereocenters. The molecule has 2 heterocycles. The van der Waals surface area contributed by atoms with Gasteiger partial charge in [0.15, 0.2) is 0 Å². The quantitative estimate of drug-likeness (QED) is 0.725. The van der Waals surface area contributed by atoms with E-state index in [2.05, 4.69) is 41.6 Å². The van der Waals surface area contributed by atoms with E-state index in [1.54, 1.807) is 6.26 Å². The number of aromatic nitrogens is 2. The van der Waals surface area contributed by atoms with Gasteiger partial charge in [-0.2, -0.15) is 0 Å². The van der Waals surface area contributed by atoms with Crippen LogP contribution in [0.4, 0.5) is 0 Å². The Hall–Kier alpha value is -2.40. The second kappa shape index (κ2) is 7.08. The summed E-state index contributed by atoms with van der Waals surface area (Å²) in [6.07, 6.45) is 5.69. The molecule has 4 rings (SSSR count). The van der Waals surface area contributed by atoms with E-state index in [1.165, 1.54) is 11.1 Å². The molecule has 0 aliphatic heterocycles. The molecule has 0 amide bonds. The Labute approximate surface area is 153 Å². The van der Waals surface area contributed by atoms with Gasteiger partial charge in [-0.15, -0.1) is 0 Å². The van der Waals surface area contributed by atoms with Crippen LogP contribution in [0.5, 0.6) is 0 Å². The molecule has 0 fully saturated rings. The van der Waals surface area contributed by atoms with Crippen molar-refractivity contribution in [2.45, 2.75) is 52.6 Å². The van der Waals surface area contributed by atoms with E-state index in [1.807, 2.05) is 18.2 Å². The average Bonchev–Trinajstić information content (AvgIpc) is 3.22. The number of nitrogens with zero attached hydrogens (tertiary/aromatic N) is 2. The predicted octanol–water partition coefficient (Wildman–Crippen LogP) is 4.06. The summed E-state index contributed by atoms with van der Waals surface area (Å²) in [7, 11) is 0. The minimum absolute atomic E-state index is 0.324. The third-order valence-corrected chi connectivity index (χ3v) is 5.19. The second-order valence-electron chi connectivity index (χ2n) is 7.92. The van der Waals surface area contributed by atoms with Crippen LogP contribution in [-0.2, 0) is 32.4 Å². The van der Waals surface area contributed by atoms with Crippen molar-refractivity contribution in [1.29, 1.82) is 0 Å². The van der Waals surface area contributed by atoms with Gasteiger partial charge in [-0.05, 0) is 23.8 Å². The minimum atomic E-state index is 0.324. The van der Waals surface area contributed by atoms with Crippen LogP contribution in [0.25, 0.3) is 0 Å². The number of aryl methyl sites for hydroxylation is 1. The van der Waals surface area contributed by atoms with Gasteiger partial charge in [0.1, 0.15) is 17.7 Å². The lowest BCUT2D eigenvalue weighted by molar-refractivity contribution is 0.282. The lowest BCUT2D eigenvalue weighted by Crippen LogP contribution is -2.23. The summed E-state index contributed by atoms with van der Waals surface area (Å²) in [5.74, 6) is 1.07. The zero-order valence-electron chi connectivity index (χ0n) is 15.4. The van der Waals surface area contributed by atoms with Crippen molar-refractivity contribution < 1.29 is 9.05 Å². The Morgan fingerprint density at radius 2 is 1.92 bits per heavy atom. The molecule has 5 heteroatoms. The van der Waals surface area contributed by atoms with Gasteiger partial charge in [0, 0.05) is 37.1 Å². The molecule has 1 aliphatic rings. The van der Waals surface area contributed by atoms with Crippen LogP contribution in [0.2, 0.25) is 0 Å². The Balaban J connectivity index is 1.38. The normalized spacial score (nSPS) is 15.8. The third kappa shape index (κ3) is 3.73. The molecule has 136 valence electrons. The molecular weight excluding hydrogens is 326 g/mol. The zero-order chi connectivity index (χ0) is 18.0. The summed E-state index contributed by atoms with van der Waals surface area (Å²) in [5, 5.41) is 11.9. The largest absolute Gasteiger partial charge is 0.364 e. The lowest BCUT2D eigenvalue weighted by Gasteiger charge is -2.28. The number of benzene rings is 1. The van der Waals surface area contributed by atoms with Crippen LogP contribution < -0.4 is 5.32 Å². The first kappa shape index (κ1) is 17.0. The third-order valence-electron chi connectivity index (χ3n) is 5.19. The van der Waals surface area contributed by atoms with E-state index in [0.717, 1.165) is 48.4 Å². The Bertz CT molecular complexity index is 865. The van der Waals surface area contributed by atoms with E-state index in [4.69, 9.17) is 9.05 Å². The van der Waals surface area contributed by atoms with Gasteiger partial charge in [0.2, 0.25) is 0 Å². The monoisotopic (exact) mass is 351 g/mol. The number of fused-ring (bicyclic) bond motifs is 1. The smallest absolute Gasteiger partial charge is 0.140 e. The second-order valence-corrected chi connectivity index (χ2v) is 7.92. The maximum Gasteiger partial charge on any atom is 0.140 e. The first-order valence-corrected chi connectivity index (χ1v) is 9.24. The van der Waals surface area contributed by atoms with Gasteiger partial charge in [-0.25, -0.2) is 0 Å². The van der Waals surface area contributed by atoms with Crippen LogP contribution in [0.3, 0.4) is 0 Å². The molecular formula is C21H25N3O2. The predicted molar refractivity (Wildman–Crippen MR) is 98.6 cm³/mol. The summed E-state index contributed by atoms with van der Waals surface area (Å²) >= 11 is 0. The molecule has 0 spiro atoms. The molecule has 5 nitrogen and oxygen atoms in total. The summed E-state index contributed by atoms with van der Waals surface area (Å²) in [5.41, 5.74) is 5.95. The molecule has 26 heavy (non-hydrogen) atoms. The molecule has 0 radical (unpaired) electrons. The van der Waals surface area contributed by atoms with Crippen molar-refractivity contribution in [3.8, 4) is 0 Å². The highest BCUT2D eigenvalue weighted by Crippen LogP contribution is 2.36. The Morgan fingerprint density at radius 1 is 1.08 bits per heavy atom. The fourth-order valence-corrected chi connectivity index (χ4v) is 3.61. The number of hydrogen-bond donors (Lipinski definition) is 1. The number of rotatable bonds is 6. The topological polar surface area (TPSA) is 64.1 Å². The fourth-order valence-electron chi connectivity index (χ4n) is 3.61. The molecule has 0 atom stereocenters. The van der Waals surface area contributed by atoms with Gasteiger partial charge in [0.25, 0.3) is 0 Å². The first-order chi connectivity index (χ1) is 12.6. The Kier molecular flexibility index (Phi) is 4.64. The van der Waals surface area contributed by atoms with E-state index >= 15 is 0 Å². The minimum Gasteiger partial charge on any atom is -0.364 e. The summed E-state index contributed by atoms with van der Waals surface area (Å²) in [4.78, 5) is 0. The van der Waals surface area contributed by atoms with Crippen LogP contribution >= 0.6 is 0 Å². The maximum absolute atomic E-state index is 5.55. The van der Waals surface area contributed by atoms with Crippen molar-refractivity contribution >= 4 is 0 Å². The van der Waals surface area contributed by atoms with E-state index in [-0.39, 0.29) is 0 Å². The summed E-state index contributed by atoms with van der Waals surface area (Å²) < 4.78 is 10.7. The average molecular weight is 351 g/mol. The number of hydrogen-bond acceptors (Lipinski definition) is 5. The van der Waals surface area contributed by atoms with E-state index in [0.29, 0.717) is 18.5 Å². The van der Waals surface area contributed by atoms with Gasteiger partial charge in [-0.1, -0.05) is 54.5 Å². The lowest BCUT2D eigenvalue weighted by atomic mass is 9.76. The van der Waals surface area contributed by atoms with Crippen molar-refractivity contribution in [2.75, 3.05) is 0 Å². The van der Waals surface area contributed by atoms with Crippen LogP contribution in [0.1, 0.15) is 54.1 Å². The van der Waals surface area contributed by atoms with Gasteiger partial charge >= 0.3 is 0 Å².